The molecule has 1 saturated heterocycles. The molecule has 1 aliphatic heterocycles. The van der Waals surface area contributed by atoms with Crippen LogP contribution in [0.2, 0.25) is 0 Å². The summed E-state index contributed by atoms with van der Waals surface area (Å²) < 4.78 is 35.2. The van der Waals surface area contributed by atoms with Crippen molar-refractivity contribution in [3.8, 4) is 0 Å². The minimum absolute atomic E-state index is 0.0689. The number of phosphoric ester groups is 1. The Balaban J connectivity index is 1.93. The highest BCUT2D eigenvalue weighted by Crippen LogP contribution is 2.57. The Hall–Kier alpha value is 0.220. The van der Waals surface area contributed by atoms with Gasteiger partial charge in [0.15, 0.2) is 0 Å². The van der Waals surface area contributed by atoms with Crippen LogP contribution in [0.5, 0.6) is 0 Å². The van der Waals surface area contributed by atoms with Gasteiger partial charge in [0.05, 0.1) is 18.8 Å². The average Bonchev–Trinajstić information content (AvgIpc) is 3.14. The summed E-state index contributed by atoms with van der Waals surface area (Å²) in [7, 11) is -9.69. The number of unbranched alkanes of at least 4 members (excludes halogenated alkanes) is 5. The third-order valence-electron chi connectivity index (χ3n) is 3.69. The topological polar surface area (TPSA) is 126 Å². The molecule has 3 N–H and O–H groups in total. The van der Waals surface area contributed by atoms with Crippen molar-refractivity contribution in [2.24, 2.45) is 0 Å². The number of hydrogen-bond acceptors (Lipinski definition) is 5. The maximum absolute atomic E-state index is 11.1. The summed E-state index contributed by atoms with van der Waals surface area (Å²) >= 11 is 0. The fourth-order valence-electron chi connectivity index (χ4n) is 2.22. The van der Waals surface area contributed by atoms with E-state index in [4.69, 9.17) is 19.4 Å². The Labute approximate surface area is 131 Å². The third-order valence-corrected chi connectivity index (χ3v) is 5.87. The predicted molar refractivity (Wildman–Crippen MR) is 80.2 cm³/mol. The van der Waals surface area contributed by atoms with Gasteiger partial charge in [-0.05, 0) is 19.3 Å². The van der Waals surface area contributed by atoms with Gasteiger partial charge in [-0.2, -0.15) is 4.31 Å². The Kier molecular flexibility index (Phi) is 8.20. The fourth-order valence-corrected chi connectivity index (χ4v) is 3.85. The monoisotopic (exact) mass is 360 g/mol. The highest BCUT2D eigenvalue weighted by atomic mass is 31.3. The molecule has 0 bridgehead atoms. The lowest BCUT2D eigenvalue weighted by Gasteiger charge is -2.12. The van der Waals surface area contributed by atoms with Crippen molar-refractivity contribution >= 4 is 15.6 Å². The molecule has 8 nitrogen and oxygen atoms in total. The van der Waals surface area contributed by atoms with Crippen molar-refractivity contribution in [3.63, 3.8) is 0 Å². The lowest BCUT2D eigenvalue weighted by molar-refractivity contribution is 0.176. The number of ether oxygens (including phenoxy) is 1. The molecule has 10 heteroatoms. The van der Waals surface area contributed by atoms with E-state index in [1.807, 2.05) is 0 Å². The highest BCUT2D eigenvalue weighted by Gasteiger charge is 2.41. The molecule has 2 unspecified atom stereocenters. The van der Waals surface area contributed by atoms with Gasteiger partial charge in [0.2, 0.25) is 0 Å². The fraction of sp³-hybridized carbons (Fsp3) is 1.00. The number of epoxide rings is 1. The average molecular weight is 360 g/mol. The normalized spacial score (nSPS) is 24.2. The first-order chi connectivity index (χ1) is 10.2. The number of rotatable bonds is 13. The second-order valence-electron chi connectivity index (χ2n) is 5.57. The molecule has 0 aromatic carbocycles. The standard InChI is InChI=1S/C12H26O8P2/c1-2-12(11-18-12)9-7-5-3-4-6-8-10-19-22(16,17)20-21(13,14)15/h2-11H2,1H3,(H,16,17)(H2,13,14,15). The van der Waals surface area contributed by atoms with Gasteiger partial charge < -0.3 is 19.4 Å². The summed E-state index contributed by atoms with van der Waals surface area (Å²) in [5, 5.41) is 0. The van der Waals surface area contributed by atoms with Crippen LogP contribution in [0.4, 0.5) is 0 Å². The largest absolute Gasteiger partial charge is 0.481 e. The van der Waals surface area contributed by atoms with Crippen LogP contribution in [0, 0.1) is 0 Å². The van der Waals surface area contributed by atoms with Crippen LogP contribution in [0.3, 0.4) is 0 Å². The molecule has 0 aliphatic carbocycles. The maximum Gasteiger partial charge on any atom is 0.481 e. The molecule has 0 saturated carbocycles. The van der Waals surface area contributed by atoms with E-state index in [-0.39, 0.29) is 12.2 Å². The Bertz CT molecular complexity index is 417. The van der Waals surface area contributed by atoms with Crippen molar-refractivity contribution in [2.75, 3.05) is 13.2 Å². The second kappa shape index (κ2) is 8.90. The zero-order valence-electron chi connectivity index (χ0n) is 12.8. The summed E-state index contributed by atoms with van der Waals surface area (Å²) in [5.74, 6) is 0. The SMILES string of the molecule is CCC1(CCCCCCCCOP(=O)(O)OP(=O)(O)O)CO1. The smallest absolute Gasteiger partial charge is 0.370 e. The van der Waals surface area contributed by atoms with E-state index >= 15 is 0 Å². The van der Waals surface area contributed by atoms with E-state index in [1.165, 1.54) is 0 Å². The first kappa shape index (κ1) is 20.3. The summed E-state index contributed by atoms with van der Waals surface area (Å²) in [6.07, 6.45) is 7.89. The van der Waals surface area contributed by atoms with Gasteiger partial charge in [-0.1, -0.05) is 39.0 Å². The van der Waals surface area contributed by atoms with Crippen LogP contribution >= 0.6 is 15.6 Å². The molecule has 0 aromatic heterocycles. The minimum Gasteiger partial charge on any atom is -0.370 e. The van der Waals surface area contributed by atoms with Crippen molar-refractivity contribution < 1.29 is 37.4 Å². The molecule has 0 amide bonds. The highest BCUT2D eigenvalue weighted by molar-refractivity contribution is 7.60. The predicted octanol–water partition coefficient (Wildman–Crippen LogP) is 3.12. The summed E-state index contributed by atoms with van der Waals surface area (Å²) in [6.45, 7) is 2.96. The molecule has 2 atom stereocenters. The first-order valence-corrected chi connectivity index (χ1v) is 10.6. The first-order valence-electron chi connectivity index (χ1n) is 7.56. The summed E-state index contributed by atoms with van der Waals surface area (Å²) in [6, 6.07) is 0. The molecular weight excluding hydrogens is 334 g/mol. The minimum atomic E-state index is -5.02. The molecule has 0 radical (unpaired) electrons. The molecule has 132 valence electrons. The lowest BCUT2D eigenvalue weighted by Crippen LogP contribution is -2.08. The van der Waals surface area contributed by atoms with Gasteiger partial charge in [0, 0.05) is 0 Å². The van der Waals surface area contributed by atoms with Crippen LogP contribution in [-0.4, -0.2) is 33.5 Å². The molecule has 1 fully saturated rings. The Morgan fingerprint density at radius 1 is 1.05 bits per heavy atom. The van der Waals surface area contributed by atoms with Gasteiger partial charge in [-0.3, -0.25) is 4.52 Å². The maximum atomic E-state index is 11.1. The molecule has 0 spiro atoms. The quantitative estimate of drug-likeness (QED) is 0.260. The number of phosphoric acid groups is 2. The molecule has 1 aliphatic rings. The van der Waals surface area contributed by atoms with Crippen molar-refractivity contribution in [3.05, 3.63) is 0 Å². The Morgan fingerprint density at radius 3 is 2.09 bits per heavy atom. The Morgan fingerprint density at radius 2 is 1.59 bits per heavy atom. The number of hydrogen-bond donors (Lipinski definition) is 3. The van der Waals surface area contributed by atoms with E-state index in [0.29, 0.717) is 6.42 Å². The second-order valence-corrected chi connectivity index (χ2v) is 8.40. The zero-order chi connectivity index (χ0) is 16.7. The molecular formula is C12H26O8P2. The van der Waals surface area contributed by atoms with Crippen molar-refractivity contribution in [1.29, 1.82) is 0 Å². The van der Waals surface area contributed by atoms with Crippen molar-refractivity contribution in [2.45, 2.75) is 63.9 Å². The third kappa shape index (κ3) is 9.38. The molecule has 1 heterocycles. The van der Waals surface area contributed by atoms with E-state index in [0.717, 1.165) is 51.6 Å². The summed E-state index contributed by atoms with van der Waals surface area (Å²) in [5.41, 5.74) is 0.162. The summed E-state index contributed by atoms with van der Waals surface area (Å²) in [4.78, 5) is 25.9. The molecule has 22 heavy (non-hydrogen) atoms. The van der Waals surface area contributed by atoms with Crippen LogP contribution in [0.15, 0.2) is 0 Å². The van der Waals surface area contributed by atoms with Gasteiger partial charge >= 0.3 is 15.6 Å². The van der Waals surface area contributed by atoms with Gasteiger partial charge in [0.25, 0.3) is 0 Å². The van der Waals surface area contributed by atoms with E-state index in [1.54, 1.807) is 0 Å². The van der Waals surface area contributed by atoms with Crippen LogP contribution < -0.4 is 0 Å². The van der Waals surface area contributed by atoms with Gasteiger partial charge in [0.1, 0.15) is 0 Å². The van der Waals surface area contributed by atoms with Crippen molar-refractivity contribution in [1.82, 2.24) is 0 Å². The van der Waals surface area contributed by atoms with E-state index in [2.05, 4.69) is 15.8 Å². The van der Waals surface area contributed by atoms with E-state index < -0.39 is 15.6 Å². The lowest BCUT2D eigenvalue weighted by atomic mass is 9.99. The van der Waals surface area contributed by atoms with Crippen LogP contribution in [-0.2, 0) is 22.7 Å². The van der Waals surface area contributed by atoms with Crippen LogP contribution in [0.25, 0.3) is 0 Å². The zero-order valence-corrected chi connectivity index (χ0v) is 14.6. The van der Waals surface area contributed by atoms with Crippen LogP contribution in [0.1, 0.15) is 58.3 Å². The van der Waals surface area contributed by atoms with Gasteiger partial charge in [-0.15, -0.1) is 0 Å². The van der Waals surface area contributed by atoms with E-state index in [9.17, 15) is 9.13 Å². The molecule has 1 rings (SSSR count). The molecule has 0 aromatic rings. The van der Waals surface area contributed by atoms with Gasteiger partial charge in [-0.25, -0.2) is 9.13 Å².